The van der Waals surface area contributed by atoms with E-state index in [1.165, 1.54) is 17.8 Å². The van der Waals surface area contributed by atoms with Crippen molar-refractivity contribution in [3.05, 3.63) is 53.3 Å². The van der Waals surface area contributed by atoms with Crippen LogP contribution in [0.25, 0.3) is 11.1 Å². The van der Waals surface area contributed by atoms with E-state index in [-0.39, 0.29) is 29.3 Å². The smallest absolute Gasteiger partial charge is 0.251 e. The Kier molecular flexibility index (Phi) is 7.16. The minimum absolute atomic E-state index is 0.0492. The molecule has 3 aliphatic heterocycles. The van der Waals surface area contributed by atoms with Crippen LogP contribution >= 0.6 is 11.8 Å². The number of fused-ring (bicyclic) bond motifs is 1. The largest absolute Gasteiger partial charge is 0.381 e. The topological polar surface area (TPSA) is 100 Å². The number of carbonyl (C=O) groups excluding carboxylic acids is 2. The first kappa shape index (κ1) is 23.9. The average molecular weight is 496 g/mol. The van der Waals surface area contributed by atoms with Crippen LogP contribution in [-0.4, -0.2) is 56.1 Å². The van der Waals surface area contributed by atoms with Crippen LogP contribution < -0.4 is 10.6 Å². The molecule has 0 aromatic heterocycles. The number of hydrogen-bond donors (Lipinski definition) is 2. The van der Waals surface area contributed by atoms with Gasteiger partial charge in [0.1, 0.15) is 18.0 Å². The molecule has 2 saturated heterocycles. The predicted octanol–water partition coefficient (Wildman–Crippen LogP) is 2.78. The summed E-state index contributed by atoms with van der Waals surface area (Å²) >= 11 is 1.27. The standard InChI is InChI=1S/C26H26FN3O4S/c27-21-10-16(15-4-5-23-20(9-15)24(26(32)35-23)18-13-33-14-18)2-3-17(21)8-19(11-28)30-25(31)22-12-29-6-1-7-34-22/h2-5,9-10,18-19,22,24,29H,1,6-8,12-14H2,(H,30,31)/t19-,22-,24?/m0/s1. The van der Waals surface area contributed by atoms with Gasteiger partial charge in [-0.15, -0.1) is 0 Å². The van der Waals surface area contributed by atoms with Crippen LogP contribution in [0.2, 0.25) is 0 Å². The molecular weight excluding hydrogens is 469 g/mol. The van der Waals surface area contributed by atoms with Gasteiger partial charge in [0.2, 0.25) is 5.12 Å². The van der Waals surface area contributed by atoms with E-state index in [2.05, 4.69) is 10.6 Å². The summed E-state index contributed by atoms with van der Waals surface area (Å²) in [6.45, 7) is 2.81. The minimum atomic E-state index is -0.872. The van der Waals surface area contributed by atoms with E-state index < -0.39 is 18.0 Å². The van der Waals surface area contributed by atoms with Gasteiger partial charge in [0.15, 0.2) is 0 Å². The van der Waals surface area contributed by atoms with Crippen molar-refractivity contribution in [2.75, 3.05) is 32.9 Å². The van der Waals surface area contributed by atoms with Crippen LogP contribution in [0.4, 0.5) is 4.39 Å². The average Bonchev–Trinajstić information content (AvgIpc) is 2.99. The van der Waals surface area contributed by atoms with Crippen molar-refractivity contribution in [1.82, 2.24) is 10.6 Å². The number of benzene rings is 2. The molecule has 0 saturated carbocycles. The summed E-state index contributed by atoms with van der Waals surface area (Å²) in [5, 5.41) is 15.5. The number of nitriles is 1. The van der Waals surface area contributed by atoms with E-state index in [9.17, 15) is 14.9 Å². The summed E-state index contributed by atoms with van der Waals surface area (Å²) in [4.78, 5) is 26.0. The number of halogens is 1. The lowest BCUT2D eigenvalue weighted by molar-refractivity contribution is -0.132. The molecule has 3 heterocycles. The predicted molar refractivity (Wildman–Crippen MR) is 128 cm³/mol. The maximum Gasteiger partial charge on any atom is 0.251 e. The first-order valence-corrected chi connectivity index (χ1v) is 12.6. The van der Waals surface area contributed by atoms with Crippen LogP contribution in [0.1, 0.15) is 23.5 Å². The normalized spacial score (nSPS) is 23.0. The maximum absolute atomic E-state index is 15.1. The Morgan fingerprint density at radius 2 is 2.06 bits per heavy atom. The molecule has 0 bridgehead atoms. The maximum atomic E-state index is 15.1. The molecule has 0 spiro atoms. The van der Waals surface area contributed by atoms with E-state index in [0.717, 1.165) is 29.0 Å². The van der Waals surface area contributed by atoms with E-state index in [1.54, 1.807) is 12.1 Å². The van der Waals surface area contributed by atoms with Gasteiger partial charge >= 0.3 is 0 Å². The summed E-state index contributed by atoms with van der Waals surface area (Å²) in [5.74, 6) is -0.803. The Hall–Kier alpha value is -2.77. The summed E-state index contributed by atoms with van der Waals surface area (Å²) in [6.07, 6.45) is 0.201. The van der Waals surface area contributed by atoms with Gasteiger partial charge in [-0.1, -0.05) is 30.0 Å². The highest BCUT2D eigenvalue weighted by Gasteiger charge is 2.41. The fourth-order valence-electron chi connectivity index (χ4n) is 4.64. The summed E-state index contributed by atoms with van der Waals surface area (Å²) in [5.41, 5.74) is 2.85. The summed E-state index contributed by atoms with van der Waals surface area (Å²) < 4.78 is 25.9. The third kappa shape index (κ3) is 5.11. The molecule has 1 unspecified atom stereocenters. The molecular formula is C26H26FN3O4S. The van der Waals surface area contributed by atoms with Gasteiger partial charge < -0.3 is 20.1 Å². The molecule has 2 N–H and O–H groups in total. The molecule has 7 nitrogen and oxygen atoms in total. The fraction of sp³-hybridized carbons (Fsp3) is 0.423. The van der Waals surface area contributed by atoms with E-state index in [0.29, 0.717) is 37.5 Å². The number of rotatable bonds is 6. The molecule has 9 heteroatoms. The Labute approximate surface area is 207 Å². The molecule has 0 aliphatic carbocycles. The van der Waals surface area contributed by atoms with Gasteiger partial charge in [0, 0.05) is 30.4 Å². The molecule has 3 aliphatic rings. The van der Waals surface area contributed by atoms with Gasteiger partial charge in [-0.25, -0.2) is 4.39 Å². The van der Waals surface area contributed by atoms with Crippen LogP contribution in [0.3, 0.4) is 0 Å². The van der Waals surface area contributed by atoms with Crippen molar-refractivity contribution in [2.24, 2.45) is 5.92 Å². The van der Waals surface area contributed by atoms with Crippen LogP contribution in [-0.2, 0) is 25.5 Å². The highest BCUT2D eigenvalue weighted by molar-refractivity contribution is 8.14. The lowest BCUT2D eigenvalue weighted by atomic mass is 9.84. The number of nitrogens with zero attached hydrogens (tertiary/aromatic N) is 1. The Bertz CT molecular complexity index is 1170. The van der Waals surface area contributed by atoms with Crippen LogP contribution in [0, 0.1) is 23.1 Å². The molecule has 5 rings (SSSR count). The minimum Gasteiger partial charge on any atom is -0.381 e. The van der Waals surface area contributed by atoms with Crippen molar-refractivity contribution in [2.45, 2.75) is 35.8 Å². The van der Waals surface area contributed by atoms with Crippen molar-refractivity contribution in [3.63, 3.8) is 0 Å². The number of thioether (sulfide) groups is 1. The molecule has 3 atom stereocenters. The van der Waals surface area contributed by atoms with Gasteiger partial charge in [-0.3, -0.25) is 9.59 Å². The lowest BCUT2D eigenvalue weighted by Gasteiger charge is -2.30. The Morgan fingerprint density at radius 1 is 1.26 bits per heavy atom. The van der Waals surface area contributed by atoms with Crippen molar-refractivity contribution < 1.29 is 23.5 Å². The van der Waals surface area contributed by atoms with Crippen LogP contribution in [0.5, 0.6) is 0 Å². The SMILES string of the molecule is N#C[C@H](Cc1ccc(-c2ccc3c(c2)C(C2COC2)C(=O)S3)cc1F)NC(=O)[C@@H]1CNCCCO1. The Balaban J connectivity index is 1.29. The third-order valence-electron chi connectivity index (χ3n) is 6.67. The van der Waals surface area contributed by atoms with Gasteiger partial charge in [-0.05, 0) is 53.4 Å². The van der Waals surface area contributed by atoms with Crippen molar-refractivity contribution in [1.29, 1.82) is 5.26 Å². The molecule has 182 valence electrons. The van der Waals surface area contributed by atoms with E-state index >= 15 is 4.39 Å². The number of ether oxygens (including phenoxy) is 2. The second-order valence-electron chi connectivity index (χ2n) is 9.07. The second-order valence-corrected chi connectivity index (χ2v) is 10.1. The number of hydrogen-bond acceptors (Lipinski definition) is 7. The monoisotopic (exact) mass is 495 g/mol. The van der Waals surface area contributed by atoms with Gasteiger partial charge in [0.05, 0.1) is 25.2 Å². The zero-order valence-corrected chi connectivity index (χ0v) is 19.9. The molecule has 2 aromatic rings. The van der Waals surface area contributed by atoms with Crippen molar-refractivity contribution >= 4 is 22.8 Å². The van der Waals surface area contributed by atoms with Crippen LogP contribution in [0.15, 0.2) is 41.3 Å². The Morgan fingerprint density at radius 3 is 2.80 bits per heavy atom. The molecule has 35 heavy (non-hydrogen) atoms. The molecule has 1 amide bonds. The molecule has 0 radical (unpaired) electrons. The number of amides is 1. The summed E-state index contributed by atoms with van der Waals surface area (Å²) in [6, 6.07) is 11.9. The number of nitrogens with one attached hydrogen (secondary N) is 2. The van der Waals surface area contributed by atoms with Gasteiger partial charge in [0.25, 0.3) is 5.91 Å². The molecule has 2 aromatic carbocycles. The fourth-order valence-corrected chi connectivity index (χ4v) is 5.75. The zero-order valence-electron chi connectivity index (χ0n) is 19.1. The highest BCUT2D eigenvalue weighted by Crippen LogP contribution is 2.47. The third-order valence-corrected chi connectivity index (χ3v) is 7.71. The van der Waals surface area contributed by atoms with Gasteiger partial charge in [-0.2, -0.15) is 5.26 Å². The van der Waals surface area contributed by atoms with E-state index in [4.69, 9.17) is 9.47 Å². The zero-order chi connectivity index (χ0) is 24.4. The molecule has 2 fully saturated rings. The van der Waals surface area contributed by atoms with Crippen molar-refractivity contribution in [3.8, 4) is 17.2 Å². The first-order valence-electron chi connectivity index (χ1n) is 11.8. The van der Waals surface area contributed by atoms with E-state index in [1.807, 2.05) is 24.3 Å². The first-order chi connectivity index (χ1) is 17.0. The second kappa shape index (κ2) is 10.5. The summed E-state index contributed by atoms with van der Waals surface area (Å²) in [7, 11) is 0. The highest BCUT2D eigenvalue weighted by atomic mass is 32.2. The number of carbonyl (C=O) groups is 2. The quantitative estimate of drug-likeness (QED) is 0.636. The lowest BCUT2D eigenvalue weighted by Crippen LogP contribution is -2.46.